The fourth-order valence-corrected chi connectivity index (χ4v) is 4.67. The monoisotopic (exact) mass is 577 g/mol. The van der Waals surface area contributed by atoms with Crippen LogP contribution in [0.2, 0.25) is 5.02 Å². The van der Waals surface area contributed by atoms with Crippen LogP contribution in [0.25, 0.3) is 11.3 Å². The van der Waals surface area contributed by atoms with Gasteiger partial charge in [0.25, 0.3) is 5.91 Å². The minimum absolute atomic E-state index is 0.0711. The Labute approximate surface area is 229 Å². The Kier molecular flexibility index (Phi) is 8.69. The number of hydrogen-bond acceptors (Lipinski definition) is 5. The zero-order valence-corrected chi connectivity index (χ0v) is 22.7. The quantitative estimate of drug-likeness (QED) is 0.190. The maximum Gasteiger partial charge on any atom is 0.356 e. The van der Waals surface area contributed by atoms with Crippen molar-refractivity contribution in [2.45, 2.75) is 19.3 Å². The Bertz CT molecular complexity index is 1430. The summed E-state index contributed by atoms with van der Waals surface area (Å²) in [4.78, 5) is 34.4. The van der Waals surface area contributed by atoms with Gasteiger partial charge in [-0.2, -0.15) is 0 Å². The topological polar surface area (TPSA) is 72.4 Å². The van der Waals surface area contributed by atoms with Gasteiger partial charge in [0.05, 0.1) is 12.8 Å². The molecule has 0 bridgehead atoms. The third-order valence-electron chi connectivity index (χ3n) is 6.02. The second-order valence-electron chi connectivity index (χ2n) is 8.43. The fraction of sp³-hybridized carbons (Fsp3) is 0.172. The summed E-state index contributed by atoms with van der Waals surface area (Å²) in [6.07, 6.45) is 0.951. The zero-order chi connectivity index (χ0) is 26.4. The van der Waals surface area contributed by atoms with E-state index in [2.05, 4.69) is 43.6 Å². The second kappa shape index (κ2) is 12.1. The van der Waals surface area contributed by atoms with Crippen LogP contribution >= 0.6 is 27.5 Å². The number of ether oxygens (including phenoxy) is 1. The largest absolute Gasteiger partial charge is 0.464 e. The molecule has 0 saturated carbocycles. The number of carbonyl (C=O) groups is 2. The van der Waals surface area contributed by atoms with Crippen molar-refractivity contribution in [1.82, 2.24) is 9.97 Å². The van der Waals surface area contributed by atoms with Crippen LogP contribution in [-0.2, 0) is 4.74 Å². The van der Waals surface area contributed by atoms with Gasteiger partial charge in [0.15, 0.2) is 0 Å². The number of rotatable bonds is 3. The Morgan fingerprint density at radius 2 is 1.62 bits per heavy atom. The molecule has 188 valence electrons. The van der Waals surface area contributed by atoms with Crippen molar-refractivity contribution in [3.8, 4) is 11.3 Å². The Balaban J connectivity index is 0.000000245. The number of esters is 1. The first-order chi connectivity index (χ1) is 17.9. The molecule has 0 radical (unpaired) electrons. The van der Waals surface area contributed by atoms with E-state index in [-0.39, 0.29) is 5.91 Å². The Morgan fingerprint density at radius 3 is 2.38 bits per heavy atom. The molecule has 2 aromatic heterocycles. The molecule has 1 atom stereocenters. The lowest BCUT2D eigenvalue weighted by Crippen LogP contribution is -2.36. The lowest BCUT2D eigenvalue weighted by molar-refractivity contribution is 0.0593. The van der Waals surface area contributed by atoms with Crippen LogP contribution in [0.4, 0.5) is 5.69 Å². The highest BCUT2D eigenvalue weighted by Crippen LogP contribution is 2.35. The number of para-hydroxylation sites is 1. The van der Waals surface area contributed by atoms with E-state index in [0.29, 0.717) is 39.2 Å². The first-order valence-corrected chi connectivity index (χ1v) is 12.9. The van der Waals surface area contributed by atoms with Crippen molar-refractivity contribution in [3.05, 3.63) is 112 Å². The van der Waals surface area contributed by atoms with Gasteiger partial charge >= 0.3 is 5.97 Å². The van der Waals surface area contributed by atoms with Gasteiger partial charge < -0.3 is 9.64 Å². The van der Waals surface area contributed by atoms with Crippen LogP contribution in [0, 0.1) is 0 Å². The summed E-state index contributed by atoms with van der Waals surface area (Å²) < 4.78 is 5.09. The predicted molar refractivity (Wildman–Crippen MR) is 149 cm³/mol. The van der Waals surface area contributed by atoms with Crippen molar-refractivity contribution in [3.63, 3.8) is 0 Å². The number of hydrogen-bond donors (Lipinski definition) is 0. The van der Waals surface area contributed by atoms with Crippen LogP contribution in [0.1, 0.15) is 45.8 Å². The second-order valence-corrected chi connectivity index (χ2v) is 9.65. The maximum absolute atomic E-state index is 13.2. The molecule has 1 amide bonds. The fourth-order valence-electron chi connectivity index (χ4n) is 4.10. The summed E-state index contributed by atoms with van der Waals surface area (Å²) >= 11 is 9.43. The van der Waals surface area contributed by atoms with E-state index in [1.807, 2.05) is 59.5 Å². The molecule has 6 nitrogen and oxygen atoms in total. The summed E-state index contributed by atoms with van der Waals surface area (Å²) in [5.74, 6) is -0.0396. The zero-order valence-electron chi connectivity index (χ0n) is 20.4. The van der Waals surface area contributed by atoms with Crippen molar-refractivity contribution >= 4 is 45.1 Å². The van der Waals surface area contributed by atoms with E-state index < -0.39 is 5.97 Å². The van der Waals surface area contributed by atoms with Gasteiger partial charge in [-0.15, -0.1) is 0 Å². The number of pyridine rings is 2. The van der Waals surface area contributed by atoms with Gasteiger partial charge in [-0.1, -0.05) is 67.1 Å². The molecule has 1 aliphatic heterocycles. The molecule has 3 heterocycles. The van der Waals surface area contributed by atoms with E-state index in [9.17, 15) is 9.59 Å². The van der Waals surface area contributed by atoms with Crippen LogP contribution in [0.5, 0.6) is 0 Å². The molecule has 0 N–H and O–H groups in total. The van der Waals surface area contributed by atoms with Crippen molar-refractivity contribution in [2.75, 3.05) is 18.6 Å². The molecule has 1 unspecified atom stereocenters. The summed E-state index contributed by atoms with van der Waals surface area (Å²) in [6.45, 7) is 2.91. The summed E-state index contributed by atoms with van der Waals surface area (Å²) in [6, 6.07) is 26.2. The number of nitrogens with zero attached hydrogens (tertiary/aromatic N) is 3. The summed E-state index contributed by atoms with van der Waals surface area (Å²) in [5.41, 5.74) is 4.49. The molecular formula is C29H25BrClN3O3. The van der Waals surface area contributed by atoms with Gasteiger partial charge in [0, 0.05) is 22.8 Å². The number of halogens is 2. The highest BCUT2D eigenvalue weighted by Gasteiger charge is 2.27. The van der Waals surface area contributed by atoms with Crippen LogP contribution in [0.3, 0.4) is 0 Å². The molecule has 0 saturated heterocycles. The first-order valence-electron chi connectivity index (χ1n) is 11.7. The molecule has 1 aliphatic rings. The van der Waals surface area contributed by atoms with E-state index in [1.165, 1.54) is 12.7 Å². The van der Waals surface area contributed by atoms with E-state index >= 15 is 0 Å². The standard InChI is InChI=1S/C22H19ClN2O.C7H6BrNO2/c1-15-13-14-25(21-12-5-3-7-16(15)21)22(26)20-11-6-10-19(24-20)17-8-2-4-9-18(17)23;1-11-7(10)5-3-2-4-6(8)9-5/h2-12,15H,13-14H2,1H3;2-4H,1H3. The smallest absolute Gasteiger partial charge is 0.356 e. The van der Waals surface area contributed by atoms with Gasteiger partial charge in [-0.3, -0.25) is 4.79 Å². The van der Waals surface area contributed by atoms with E-state index in [0.717, 1.165) is 17.7 Å². The van der Waals surface area contributed by atoms with Crippen molar-refractivity contribution in [2.24, 2.45) is 0 Å². The van der Waals surface area contributed by atoms with Crippen molar-refractivity contribution in [1.29, 1.82) is 0 Å². The minimum atomic E-state index is -0.425. The molecule has 0 fully saturated rings. The van der Waals surface area contributed by atoms with Gasteiger partial charge in [-0.25, -0.2) is 14.8 Å². The molecule has 2 aromatic carbocycles. The van der Waals surface area contributed by atoms with Gasteiger partial charge in [0.1, 0.15) is 16.0 Å². The van der Waals surface area contributed by atoms with Gasteiger partial charge in [0.2, 0.25) is 0 Å². The predicted octanol–water partition coefficient (Wildman–Crippen LogP) is 7.19. The number of amides is 1. The molecular weight excluding hydrogens is 554 g/mol. The number of carbonyl (C=O) groups excluding carboxylic acids is 2. The lowest BCUT2D eigenvalue weighted by Gasteiger charge is -2.32. The first kappa shape index (κ1) is 26.5. The average Bonchev–Trinajstić information content (AvgIpc) is 2.93. The van der Waals surface area contributed by atoms with Crippen LogP contribution in [0.15, 0.2) is 89.5 Å². The SMILES string of the molecule is CC1CCN(C(=O)c2cccc(-c3ccccc3Cl)n2)c2ccccc21.COC(=O)c1cccc(Br)n1. The number of methoxy groups -OCH3 is 1. The number of benzene rings is 2. The van der Waals surface area contributed by atoms with Crippen LogP contribution < -0.4 is 4.90 Å². The van der Waals surface area contributed by atoms with Gasteiger partial charge in [-0.05, 0) is 70.2 Å². The van der Waals surface area contributed by atoms with E-state index in [1.54, 1.807) is 24.3 Å². The molecule has 4 aromatic rings. The normalized spacial score (nSPS) is 14.2. The highest BCUT2D eigenvalue weighted by molar-refractivity contribution is 9.10. The van der Waals surface area contributed by atoms with Crippen LogP contribution in [-0.4, -0.2) is 35.5 Å². The lowest BCUT2D eigenvalue weighted by atomic mass is 9.91. The molecule has 5 rings (SSSR count). The molecule has 8 heteroatoms. The third-order valence-corrected chi connectivity index (χ3v) is 6.79. The maximum atomic E-state index is 13.2. The molecule has 0 spiro atoms. The number of anilines is 1. The Morgan fingerprint density at radius 1 is 0.919 bits per heavy atom. The molecule has 0 aliphatic carbocycles. The third kappa shape index (κ3) is 6.24. The highest BCUT2D eigenvalue weighted by atomic mass is 79.9. The minimum Gasteiger partial charge on any atom is -0.464 e. The number of aromatic nitrogens is 2. The Hall–Kier alpha value is -3.55. The van der Waals surface area contributed by atoms with Crippen molar-refractivity contribution < 1.29 is 14.3 Å². The average molecular weight is 579 g/mol. The summed E-state index contributed by atoms with van der Waals surface area (Å²) in [5, 5.41) is 0.627. The summed E-state index contributed by atoms with van der Waals surface area (Å²) in [7, 11) is 1.32. The number of fused-ring (bicyclic) bond motifs is 1. The molecule has 37 heavy (non-hydrogen) atoms. The van der Waals surface area contributed by atoms with E-state index in [4.69, 9.17) is 11.6 Å².